The third-order valence-electron chi connectivity index (χ3n) is 6.99. The Labute approximate surface area is 307 Å². The standard InChI is InChI=1S/C30H38N2O6.C12H12O2/c1-3-29(33)37-23-11-7-5-9-21-35-27-17-13-25(14-18-27)31-32-26-15-19-28(20-16-26)36-22-10-6-8-12-24-38-30(34)4-2;1-2-12(13)14-10-6-9-11-7-4-3-5-8-11/h3-4,13-20H,1-2,5-12,21-24H2;2-9H,1,10H2/b;9-6+. The van der Waals surface area contributed by atoms with Crippen molar-refractivity contribution in [2.75, 3.05) is 33.0 Å². The number of benzene rings is 3. The van der Waals surface area contributed by atoms with Gasteiger partial charge in [0.05, 0.1) is 37.8 Å². The summed E-state index contributed by atoms with van der Waals surface area (Å²) in [5.41, 5.74) is 2.57. The normalized spacial score (nSPS) is 10.5. The molecule has 0 saturated carbocycles. The van der Waals surface area contributed by atoms with Gasteiger partial charge in [0.15, 0.2) is 0 Å². The summed E-state index contributed by atoms with van der Waals surface area (Å²) in [6.07, 6.45) is 14.7. The lowest BCUT2D eigenvalue weighted by Crippen LogP contribution is -2.02. The topological polar surface area (TPSA) is 122 Å². The molecule has 0 aliphatic carbocycles. The molecule has 276 valence electrons. The van der Waals surface area contributed by atoms with E-state index in [0.29, 0.717) is 26.4 Å². The Bertz CT molecular complexity index is 1450. The Hall–Kier alpha value is -5.77. The van der Waals surface area contributed by atoms with Crippen molar-refractivity contribution < 1.29 is 38.1 Å². The summed E-state index contributed by atoms with van der Waals surface area (Å²) >= 11 is 0. The number of rotatable bonds is 24. The molecule has 0 bridgehead atoms. The van der Waals surface area contributed by atoms with Crippen LogP contribution in [-0.4, -0.2) is 50.9 Å². The Morgan fingerprint density at radius 1 is 0.500 bits per heavy atom. The molecule has 0 amide bonds. The largest absolute Gasteiger partial charge is 0.494 e. The van der Waals surface area contributed by atoms with Crippen molar-refractivity contribution >= 4 is 35.4 Å². The minimum absolute atomic E-state index is 0.278. The predicted octanol–water partition coefficient (Wildman–Crippen LogP) is 9.87. The second-order valence-electron chi connectivity index (χ2n) is 11.1. The number of unbranched alkanes of at least 4 members (excludes halogenated alkanes) is 6. The van der Waals surface area contributed by atoms with Gasteiger partial charge >= 0.3 is 17.9 Å². The molecule has 0 aliphatic heterocycles. The van der Waals surface area contributed by atoms with Crippen LogP contribution < -0.4 is 9.47 Å². The third kappa shape index (κ3) is 21.3. The number of hydrogen-bond donors (Lipinski definition) is 0. The molecule has 0 heterocycles. The van der Waals surface area contributed by atoms with Crippen LogP contribution in [0.4, 0.5) is 11.4 Å². The van der Waals surface area contributed by atoms with Crippen LogP contribution in [0.25, 0.3) is 6.08 Å². The third-order valence-corrected chi connectivity index (χ3v) is 6.99. The molecule has 0 fully saturated rings. The average Bonchev–Trinajstić information content (AvgIpc) is 3.18. The van der Waals surface area contributed by atoms with Gasteiger partial charge in [-0.05, 0) is 112 Å². The van der Waals surface area contributed by atoms with E-state index in [9.17, 15) is 14.4 Å². The SMILES string of the molecule is C=CC(=O)OC/C=C/c1ccccc1.C=CC(=O)OCCCCCCOc1ccc(N=Nc2ccc(OCCCCCCOC(=O)C=C)cc2)cc1. The van der Waals surface area contributed by atoms with E-state index < -0.39 is 5.97 Å². The molecule has 0 unspecified atom stereocenters. The molecular weight excluding hydrogens is 660 g/mol. The van der Waals surface area contributed by atoms with Gasteiger partial charge in [-0.15, -0.1) is 0 Å². The lowest BCUT2D eigenvalue weighted by molar-refractivity contribution is -0.138. The fraction of sp³-hybridized carbons (Fsp3) is 0.310. The first-order chi connectivity index (χ1) is 25.4. The molecule has 10 heteroatoms. The number of hydrogen-bond acceptors (Lipinski definition) is 10. The maximum atomic E-state index is 11.0. The van der Waals surface area contributed by atoms with Gasteiger partial charge in [0.25, 0.3) is 0 Å². The van der Waals surface area contributed by atoms with Crippen LogP contribution in [0.15, 0.2) is 133 Å². The van der Waals surface area contributed by atoms with Gasteiger partial charge in [-0.3, -0.25) is 0 Å². The van der Waals surface area contributed by atoms with E-state index in [0.717, 1.165) is 85.9 Å². The highest BCUT2D eigenvalue weighted by Gasteiger charge is 2.00. The quantitative estimate of drug-likeness (QED) is 0.0296. The molecule has 0 spiro atoms. The zero-order valence-corrected chi connectivity index (χ0v) is 29.9. The van der Waals surface area contributed by atoms with Crippen molar-refractivity contribution in [2.24, 2.45) is 10.2 Å². The fourth-order valence-electron chi connectivity index (χ4n) is 4.23. The van der Waals surface area contributed by atoms with E-state index in [1.807, 2.05) is 84.9 Å². The van der Waals surface area contributed by atoms with Crippen LogP contribution in [0, 0.1) is 0 Å². The molecule has 0 N–H and O–H groups in total. The zero-order chi connectivity index (χ0) is 37.5. The van der Waals surface area contributed by atoms with Gasteiger partial charge in [0, 0.05) is 18.2 Å². The minimum Gasteiger partial charge on any atom is -0.494 e. The number of carbonyl (C=O) groups is 3. The summed E-state index contributed by atoms with van der Waals surface area (Å²) in [5, 5.41) is 8.56. The number of azo groups is 1. The van der Waals surface area contributed by atoms with Crippen molar-refractivity contribution in [1.29, 1.82) is 0 Å². The van der Waals surface area contributed by atoms with Gasteiger partial charge in [0.2, 0.25) is 0 Å². The van der Waals surface area contributed by atoms with Crippen LogP contribution in [0.2, 0.25) is 0 Å². The van der Waals surface area contributed by atoms with Gasteiger partial charge < -0.3 is 23.7 Å². The summed E-state index contributed by atoms with van der Waals surface area (Å²) in [6, 6.07) is 24.8. The Morgan fingerprint density at radius 2 is 0.904 bits per heavy atom. The van der Waals surface area contributed by atoms with Crippen molar-refractivity contribution in [3.63, 3.8) is 0 Å². The summed E-state index contributed by atoms with van der Waals surface area (Å²) in [6.45, 7) is 12.4. The number of esters is 3. The Morgan fingerprint density at radius 3 is 1.33 bits per heavy atom. The molecule has 0 aliphatic rings. The van der Waals surface area contributed by atoms with Crippen LogP contribution in [0.3, 0.4) is 0 Å². The van der Waals surface area contributed by atoms with Crippen LogP contribution in [-0.2, 0) is 28.6 Å². The van der Waals surface area contributed by atoms with E-state index in [-0.39, 0.29) is 18.5 Å². The van der Waals surface area contributed by atoms with Gasteiger partial charge in [-0.2, -0.15) is 10.2 Å². The molecular formula is C42H50N2O8. The Balaban J connectivity index is 0.000000557. The molecule has 3 aromatic rings. The molecule has 3 rings (SSSR count). The van der Waals surface area contributed by atoms with Gasteiger partial charge in [0.1, 0.15) is 18.1 Å². The lowest BCUT2D eigenvalue weighted by atomic mass is 10.2. The summed E-state index contributed by atoms with van der Waals surface area (Å²) in [4.78, 5) is 32.6. The summed E-state index contributed by atoms with van der Waals surface area (Å²) in [5.74, 6) is 0.439. The monoisotopic (exact) mass is 710 g/mol. The number of nitrogens with zero attached hydrogens (tertiary/aromatic N) is 2. The maximum Gasteiger partial charge on any atom is 0.330 e. The first-order valence-corrected chi connectivity index (χ1v) is 17.4. The summed E-state index contributed by atoms with van der Waals surface area (Å²) < 4.78 is 26.2. The van der Waals surface area contributed by atoms with E-state index in [1.165, 1.54) is 12.2 Å². The second kappa shape index (κ2) is 28.0. The van der Waals surface area contributed by atoms with Crippen molar-refractivity contribution in [3.05, 3.63) is 128 Å². The maximum absolute atomic E-state index is 11.0. The highest BCUT2D eigenvalue weighted by Crippen LogP contribution is 2.23. The van der Waals surface area contributed by atoms with Crippen molar-refractivity contribution in [1.82, 2.24) is 0 Å². The molecule has 52 heavy (non-hydrogen) atoms. The molecule has 10 nitrogen and oxygen atoms in total. The van der Waals surface area contributed by atoms with Crippen LogP contribution in [0.5, 0.6) is 11.5 Å². The van der Waals surface area contributed by atoms with Crippen molar-refractivity contribution in [2.45, 2.75) is 51.4 Å². The number of carbonyl (C=O) groups excluding carboxylic acids is 3. The highest BCUT2D eigenvalue weighted by atomic mass is 16.5. The van der Waals surface area contributed by atoms with E-state index >= 15 is 0 Å². The molecule has 0 aromatic heterocycles. The minimum atomic E-state index is -0.400. The fourth-order valence-corrected chi connectivity index (χ4v) is 4.23. The van der Waals surface area contributed by atoms with Crippen molar-refractivity contribution in [3.8, 4) is 11.5 Å². The lowest BCUT2D eigenvalue weighted by Gasteiger charge is -2.07. The van der Waals surface area contributed by atoms with Crippen LogP contribution >= 0.6 is 0 Å². The van der Waals surface area contributed by atoms with E-state index in [4.69, 9.17) is 23.7 Å². The van der Waals surface area contributed by atoms with Gasteiger partial charge in [-0.1, -0.05) is 56.1 Å². The Kier molecular flexibility index (Phi) is 22.8. The summed E-state index contributed by atoms with van der Waals surface area (Å²) in [7, 11) is 0. The first-order valence-electron chi connectivity index (χ1n) is 17.4. The number of ether oxygens (including phenoxy) is 5. The van der Waals surface area contributed by atoms with Crippen LogP contribution in [0.1, 0.15) is 56.9 Å². The first kappa shape index (κ1) is 42.4. The van der Waals surface area contributed by atoms with Gasteiger partial charge in [-0.25, -0.2) is 14.4 Å². The average molecular weight is 711 g/mol. The molecule has 0 saturated heterocycles. The second-order valence-corrected chi connectivity index (χ2v) is 11.1. The van der Waals surface area contributed by atoms with E-state index in [2.05, 4.69) is 30.0 Å². The van der Waals surface area contributed by atoms with E-state index in [1.54, 1.807) is 6.08 Å². The zero-order valence-electron chi connectivity index (χ0n) is 29.9. The molecule has 0 radical (unpaired) electrons. The molecule has 0 atom stereocenters. The highest BCUT2D eigenvalue weighted by molar-refractivity contribution is 5.81. The predicted molar refractivity (Wildman–Crippen MR) is 204 cm³/mol. The molecule has 3 aromatic carbocycles. The smallest absolute Gasteiger partial charge is 0.330 e.